The second kappa shape index (κ2) is 8.05. The fraction of sp³-hybridized carbons (Fsp3) is 0.158. The fourth-order valence-electron chi connectivity index (χ4n) is 2.71. The van der Waals surface area contributed by atoms with E-state index in [1.165, 1.54) is 4.90 Å². The molecule has 0 aromatic heterocycles. The van der Waals surface area contributed by atoms with Gasteiger partial charge in [-0.15, -0.1) is 0 Å². The molecule has 2 N–H and O–H groups in total. The average Bonchev–Trinajstić information content (AvgIpc) is 2.97. The Hall–Kier alpha value is -3.13. The predicted octanol–water partition coefficient (Wildman–Crippen LogP) is 2.31. The lowest BCUT2D eigenvalue weighted by Gasteiger charge is -2.21. The SMILES string of the molecule is O=C(O)CN(C(=O)c1ccccc1)c1ccc(CC2SC(=O)NC2=O)cc1. The van der Waals surface area contributed by atoms with E-state index in [1.54, 1.807) is 54.6 Å². The summed E-state index contributed by atoms with van der Waals surface area (Å²) in [5.41, 5.74) is 1.64. The predicted molar refractivity (Wildman–Crippen MR) is 101 cm³/mol. The third-order valence-corrected chi connectivity index (χ3v) is 4.98. The molecule has 7 nitrogen and oxygen atoms in total. The van der Waals surface area contributed by atoms with Crippen molar-refractivity contribution < 1.29 is 24.3 Å². The van der Waals surface area contributed by atoms with Gasteiger partial charge in [-0.25, -0.2) is 0 Å². The van der Waals surface area contributed by atoms with E-state index in [0.717, 1.165) is 17.3 Å². The Kier molecular flexibility index (Phi) is 5.56. The molecule has 2 aromatic carbocycles. The summed E-state index contributed by atoms with van der Waals surface area (Å²) in [4.78, 5) is 48.0. The molecule has 0 spiro atoms. The van der Waals surface area contributed by atoms with E-state index >= 15 is 0 Å². The molecule has 1 atom stereocenters. The molecular formula is C19H16N2O5S. The summed E-state index contributed by atoms with van der Waals surface area (Å²) in [5, 5.41) is 10.6. The Morgan fingerprint density at radius 2 is 1.70 bits per heavy atom. The van der Waals surface area contributed by atoms with E-state index in [1.807, 2.05) is 0 Å². The number of anilines is 1. The number of nitrogens with one attached hydrogen (secondary N) is 1. The van der Waals surface area contributed by atoms with E-state index in [4.69, 9.17) is 5.11 Å². The van der Waals surface area contributed by atoms with Crippen LogP contribution in [0.15, 0.2) is 54.6 Å². The summed E-state index contributed by atoms with van der Waals surface area (Å²) >= 11 is 0.948. The van der Waals surface area contributed by atoms with Crippen molar-refractivity contribution in [3.05, 3.63) is 65.7 Å². The number of hydrogen-bond acceptors (Lipinski definition) is 5. The first-order chi connectivity index (χ1) is 12.9. The van der Waals surface area contributed by atoms with Crippen LogP contribution in [0.25, 0.3) is 0 Å². The molecular weight excluding hydrogens is 368 g/mol. The summed E-state index contributed by atoms with van der Waals surface area (Å²) in [6.07, 6.45) is 0.369. The third kappa shape index (κ3) is 4.53. The summed E-state index contributed by atoms with van der Waals surface area (Å²) in [6, 6.07) is 15.2. The maximum Gasteiger partial charge on any atom is 0.323 e. The zero-order chi connectivity index (χ0) is 19.4. The molecule has 27 heavy (non-hydrogen) atoms. The van der Waals surface area contributed by atoms with Crippen LogP contribution >= 0.6 is 11.8 Å². The number of imide groups is 1. The molecule has 1 unspecified atom stereocenters. The number of nitrogens with zero attached hydrogens (tertiary/aromatic N) is 1. The van der Waals surface area contributed by atoms with Crippen molar-refractivity contribution in [3.8, 4) is 0 Å². The molecule has 1 saturated heterocycles. The van der Waals surface area contributed by atoms with E-state index in [0.29, 0.717) is 17.7 Å². The van der Waals surface area contributed by atoms with Gasteiger partial charge in [-0.1, -0.05) is 42.1 Å². The molecule has 1 heterocycles. The van der Waals surface area contributed by atoms with Gasteiger partial charge in [-0.05, 0) is 36.2 Å². The smallest absolute Gasteiger partial charge is 0.323 e. The van der Waals surface area contributed by atoms with E-state index < -0.39 is 23.7 Å². The van der Waals surface area contributed by atoms with Crippen LogP contribution in [0, 0.1) is 0 Å². The van der Waals surface area contributed by atoms with Crippen molar-refractivity contribution in [2.45, 2.75) is 11.7 Å². The van der Waals surface area contributed by atoms with Crippen LogP contribution in [0.4, 0.5) is 10.5 Å². The van der Waals surface area contributed by atoms with Crippen molar-refractivity contribution in [1.82, 2.24) is 5.32 Å². The fourth-order valence-corrected chi connectivity index (χ4v) is 3.57. The van der Waals surface area contributed by atoms with Gasteiger partial charge in [-0.2, -0.15) is 0 Å². The molecule has 0 saturated carbocycles. The van der Waals surface area contributed by atoms with Crippen LogP contribution in [-0.4, -0.2) is 39.9 Å². The number of carboxylic acid groups (broad SMARTS) is 1. The van der Waals surface area contributed by atoms with Gasteiger partial charge in [0.25, 0.3) is 11.1 Å². The minimum Gasteiger partial charge on any atom is -0.480 e. The molecule has 0 bridgehead atoms. The molecule has 0 aliphatic carbocycles. The standard InChI is InChI=1S/C19H16N2O5S/c22-16(23)11-21(18(25)13-4-2-1-3-5-13)14-8-6-12(7-9-14)10-15-17(24)20-19(26)27-15/h1-9,15H,10-11H2,(H,22,23)(H,20,24,26). The van der Waals surface area contributed by atoms with Crippen LogP contribution in [0.3, 0.4) is 0 Å². The Morgan fingerprint density at radius 3 is 2.26 bits per heavy atom. The lowest BCUT2D eigenvalue weighted by atomic mass is 10.1. The van der Waals surface area contributed by atoms with Gasteiger partial charge in [0, 0.05) is 11.3 Å². The van der Waals surface area contributed by atoms with Gasteiger partial charge in [0.15, 0.2) is 0 Å². The number of carboxylic acids is 1. The monoisotopic (exact) mass is 384 g/mol. The zero-order valence-corrected chi connectivity index (χ0v) is 14.9. The first-order valence-corrected chi connectivity index (χ1v) is 9.01. The van der Waals surface area contributed by atoms with Gasteiger partial charge in [-0.3, -0.25) is 29.4 Å². The Bertz CT molecular complexity index is 883. The van der Waals surface area contributed by atoms with Crippen molar-refractivity contribution in [2.24, 2.45) is 0 Å². The largest absolute Gasteiger partial charge is 0.480 e. The van der Waals surface area contributed by atoms with E-state index in [2.05, 4.69) is 5.32 Å². The Balaban J connectivity index is 1.79. The zero-order valence-electron chi connectivity index (χ0n) is 14.1. The quantitative estimate of drug-likeness (QED) is 0.792. The highest BCUT2D eigenvalue weighted by molar-refractivity contribution is 8.15. The number of thioether (sulfide) groups is 1. The lowest BCUT2D eigenvalue weighted by Crippen LogP contribution is -2.35. The van der Waals surface area contributed by atoms with Crippen molar-refractivity contribution in [2.75, 3.05) is 11.4 Å². The first kappa shape index (κ1) is 18.7. The van der Waals surface area contributed by atoms with Crippen LogP contribution in [0.5, 0.6) is 0 Å². The number of rotatable bonds is 6. The van der Waals surface area contributed by atoms with Gasteiger partial charge in [0.1, 0.15) is 6.54 Å². The van der Waals surface area contributed by atoms with Crippen molar-refractivity contribution >= 4 is 40.5 Å². The number of benzene rings is 2. The van der Waals surface area contributed by atoms with E-state index in [9.17, 15) is 19.2 Å². The molecule has 138 valence electrons. The average molecular weight is 384 g/mol. The van der Waals surface area contributed by atoms with Crippen molar-refractivity contribution in [3.63, 3.8) is 0 Å². The van der Waals surface area contributed by atoms with Crippen LogP contribution < -0.4 is 10.2 Å². The molecule has 2 aromatic rings. The molecule has 1 aliphatic heterocycles. The Labute approximate surface area is 159 Å². The van der Waals surface area contributed by atoms with Gasteiger partial charge in [0.2, 0.25) is 5.91 Å². The minimum atomic E-state index is -1.12. The number of carbonyl (C=O) groups is 4. The van der Waals surface area contributed by atoms with E-state index in [-0.39, 0.29) is 11.1 Å². The van der Waals surface area contributed by atoms with Crippen LogP contribution in [0.1, 0.15) is 15.9 Å². The second-order valence-corrected chi connectivity index (χ2v) is 7.08. The molecule has 3 rings (SSSR count). The summed E-state index contributed by atoms with van der Waals surface area (Å²) in [5.74, 6) is -1.86. The highest BCUT2D eigenvalue weighted by atomic mass is 32.2. The normalized spacial score (nSPS) is 16.1. The Morgan fingerprint density at radius 1 is 1.04 bits per heavy atom. The van der Waals surface area contributed by atoms with Gasteiger partial charge >= 0.3 is 5.97 Å². The number of amides is 3. The van der Waals surface area contributed by atoms with Crippen LogP contribution in [0.2, 0.25) is 0 Å². The second-order valence-electron chi connectivity index (χ2n) is 5.90. The van der Waals surface area contributed by atoms with Gasteiger partial charge < -0.3 is 5.11 Å². The minimum absolute atomic E-state index is 0.319. The molecule has 8 heteroatoms. The highest BCUT2D eigenvalue weighted by Crippen LogP contribution is 2.24. The number of aliphatic carboxylic acids is 1. The maximum absolute atomic E-state index is 12.7. The first-order valence-electron chi connectivity index (χ1n) is 8.13. The topological polar surface area (TPSA) is 104 Å². The third-order valence-electron chi connectivity index (χ3n) is 4.00. The number of carbonyl (C=O) groups excluding carboxylic acids is 3. The molecule has 0 radical (unpaired) electrons. The number of hydrogen-bond donors (Lipinski definition) is 2. The summed E-state index contributed by atoms with van der Waals surface area (Å²) in [7, 11) is 0. The molecule has 1 fully saturated rings. The van der Waals surface area contributed by atoms with Gasteiger partial charge in [0.05, 0.1) is 5.25 Å². The summed E-state index contributed by atoms with van der Waals surface area (Å²) in [6.45, 7) is -0.470. The maximum atomic E-state index is 12.7. The highest BCUT2D eigenvalue weighted by Gasteiger charge is 2.31. The van der Waals surface area contributed by atoms with Crippen LogP contribution in [-0.2, 0) is 16.0 Å². The van der Waals surface area contributed by atoms with Crippen molar-refractivity contribution in [1.29, 1.82) is 0 Å². The summed E-state index contributed by atoms with van der Waals surface area (Å²) < 4.78 is 0. The lowest BCUT2D eigenvalue weighted by molar-refractivity contribution is -0.135. The molecule has 1 aliphatic rings. The molecule has 3 amide bonds.